The van der Waals surface area contributed by atoms with Crippen LogP contribution >= 0.6 is 11.3 Å². The molecule has 0 saturated heterocycles. The number of rotatable bonds is 4. The lowest BCUT2D eigenvalue weighted by molar-refractivity contribution is 1.08. The Morgan fingerprint density at radius 2 is 1.02 bits per heavy atom. The Bertz CT molecular complexity index is 2520. The van der Waals surface area contributed by atoms with Gasteiger partial charge in [-0.25, -0.2) is 15.0 Å². The third-order valence-corrected chi connectivity index (χ3v) is 9.64. The minimum absolute atomic E-state index is 0.661. The van der Waals surface area contributed by atoms with Crippen LogP contribution in [0.2, 0.25) is 0 Å². The topological polar surface area (TPSA) is 38.7 Å². The molecule has 0 fully saturated rings. The van der Waals surface area contributed by atoms with E-state index in [2.05, 4.69) is 146 Å². The first-order valence-electron chi connectivity index (χ1n) is 15.0. The van der Waals surface area contributed by atoms with Gasteiger partial charge in [-0.3, -0.25) is 0 Å². The minimum atomic E-state index is 0.661. The molecular formula is C41H25N3S. The van der Waals surface area contributed by atoms with Crippen molar-refractivity contribution in [1.29, 1.82) is 0 Å². The molecule has 0 saturated carbocycles. The Balaban J connectivity index is 1.38. The Hall–Kier alpha value is -5.71. The largest absolute Gasteiger partial charge is 0.208 e. The molecule has 0 unspecified atom stereocenters. The molecule has 9 rings (SSSR count). The fraction of sp³-hybridized carbons (Fsp3) is 0. The molecule has 7 aromatic carbocycles. The van der Waals surface area contributed by atoms with Gasteiger partial charge in [0, 0.05) is 15.8 Å². The predicted octanol–water partition coefficient (Wildman–Crippen LogP) is 11.2. The molecule has 0 spiro atoms. The summed E-state index contributed by atoms with van der Waals surface area (Å²) in [7, 11) is 0. The van der Waals surface area contributed by atoms with Gasteiger partial charge >= 0.3 is 0 Å². The van der Waals surface area contributed by atoms with Crippen molar-refractivity contribution in [2.45, 2.75) is 0 Å². The van der Waals surface area contributed by atoms with E-state index in [9.17, 15) is 0 Å². The van der Waals surface area contributed by atoms with Gasteiger partial charge in [0.1, 0.15) is 0 Å². The Labute approximate surface area is 264 Å². The summed E-state index contributed by atoms with van der Waals surface area (Å²) in [5, 5.41) is 8.22. The van der Waals surface area contributed by atoms with E-state index < -0.39 is 0 Å². The van der Waals surface area contributed by atoms with E-state index in [-0.39, 0.29) is 0 Å². The maximum absolute atomic E-state index is 5.30. The monoisotopic (exact) mass is 591 g/mol. The van der Waals surface area contributed by atoms with Crippen molar-refractivity contribution in [3.63, 3.8) is 0 Å². The quantitative estimate of drug-likeness (QED) is 0.151. The van der Waals surface area contributed by atoms with Crippen LogP contribution < -0.4 is 0 Å². The van der Waals surface area contributed by atoms with E-state index >= 15 is 0 Å². The Morgan fingerprint density at radius 3 is 1.87 bits per heavy atom. The van der Waals surface area contributed by atoms with E-state index in [0.29, 0.717) is 17.5 Å². The van der Waals surface area contributed by atoms with Crippen molar-refractivity contribution >= 4 is 53.7 Å². The van der Waals surface area contributed by atoms with Crippen molar-refractivity contribution in [1.82, 2.24) is 15.0 Å². The molecule has 2 aromatic heterocycles. The average Bonchev–Trinajstić information content (AvgIpc) is 3.55. The van der Waals surface area contributed by atoms with Crippen LogP contribution in [0.3, 0.4) is 0 Å². The number of hydrogen-bond donors (Lipinski definition) is 0. The van der Waals surface area contributed by atoms with Crippen LogP contribution in [0.1, 0.15) is 0 Å². The zero-order valence-electron chi connectivity index (χ0n) is 24.2. The summed E-state index contributed by atoms with van der Waals surface area (Å²) in [4.78, 5) is 16.8. The molecule has 0 aliphatic rings. The second kappa shape index (κ2) is 10.5. The third-order valence-electron chi connectivity index (χ3n) is 8.53. The highest BCUT2D eigenvalue weighted by Crippen LogP contribution is 2.41. The van der Waals surface area contributed by atoms with Crippen molar-refractivity contribution < 1.29 is 0 Å². The van der Waals surface area contributed by atoms with E-state index in [1.807, 2.05) is 6.07 Å². The van der Waals surface area contributed by atoms with Gasteiger partial charge in [-0.2, -0.15) is 0 Å². The zero-order chi connectivity index (χ0) is 29.7. The highest BCUT2D eigenvalue weighted by Gasteiger charge is 2.20. The van der Waals surface area contributed by atoms with Crippen LogP contribution in [0.25, 0.3) is 87.0 Å². The maximum atomic E-state index is 5.30. The van der Waals surface area contributed by atoms with Crippen molar-refractivity contribution in [2.24, 2.45) is 0 Å². The van der Waals surface area contributed by atoms with Gasteiger partial charge in [0.05, 0.1) is 4.88 Å². The number of aromatic nitrogens is 3. The van der Waals surface area contributed by atoms with E-state index in [1.54, 1.807) is 11.3 Å². The molecule has 0 atom stereocenters. The minimum Gasteiger partial charge on any atom is -0.208 e. The molecule has 2 heterocycles. The fourth-order valence-electron chi connectivity index (χ4n) is 6.42. The van der Waals surface area contributed by atoms with Crippen LogP contribution in [0.5, 0.6) is 0 Å². The molecule has 210 valence electrons. The number of thiophene rings is 1. The third kappa shape index (κ3) is 4.38. The second-order valence-corrected chi connectivity index (χ2v) is 12.3. The molecule has 0 amide bonds. The summed E-state index contributed by atoms with van der Waals surface area (Å²) < 4.78 is 1.21. The summed E-state index contributed by atoms with van der Waals surface area (Å²) in [6, 6.07) is 53.4. The smallest absolute Gasteiger partial charge is 0.174 e. The molecule has 4 heteroatoms. The molecular weight excluding hydrogens is 567 g/mol. The highest BCUT2D eigenvalue weighted by atomic mass is 32.1. The summed E-state index contributed by atoms with van der Waals surface area (Å²) in [6.07, 6.45) is 0. The van der Waals surface area contributed by atoms with Crippen molar-refractivity contribution in [2.75, 3.05) is 0 Å². The predicted molar refractivity (Wildman–Crippen MR) is 189 cm³/mol. The normalized spacial score (nSPS) is 11.6. The van der Waals surface area contributed by atoms with Crippen molar-refractivity contribution in [3.8, 4) is 44.6 Å². The van der Waals surface area contributed by atoms with E-state index in [1.165, 1.54) is 26.2 Å². The highest BCUT2D eigenvalue weighted by molar-refractivity contribution is 7.22. The number of hydrogen-bond acceptors (Lipinski definition) is 4. The maximum Gasteiger partial charge on any atom is 0.174 e. The standard InChI is InChI=1S/C41H25N3S/c1-2-12-26(13-3-1)30-17-9-10-20-34(30)39-42-40(37-25-29-16-6-11-21-36(29)45-37)44-41(43-39)38-32-19-8-5-15-28(32)24-35-31-18-7-4-14-27(31)22-23-33(35)38/h1-25H. The first-order chi connectivity index (χ1) is 22.3. The lowest BCUT2D eigenvalue weighted by atomic mass is 9.93. The molecule has 0 aliphatic heterocycles. The van der Waals surface area contributed by atoms with Crippen LogP contribution in [0.4, 0.5) is 0 Å². The SMILES string of the molecule is c1ccc(-c2ccccc2-c2nc(-c3cc4ccccc4s3)nc(-c3c4ccccc4cc4c3ccc3ccccc34)n2)cc1. The second-order valence-electron chi connectivity index (χ2n) is 11.2. The first kappa shape index (κ1) is 25.8. The summed E-state index contributed by atoms with van der Waals surface area (Å²) in [6.45, 7) is 0. The van der Waals surface area contributed by atoms with Gasteiger partial charge in [0.25, 0.3) is 0 Å². The lowest BCUT2D eigenvalue weighted by Gasteiger charge is -2.15. The first-order valence-corrected chi connectivity index (χ1v) is 15.9. The van der Waals surface area contributed by atoms with Crippen LogP contribution in [0, 0.1) is 0 Å². The van der Waals surface area contributed by atoms with E-state index in [4.69, 9.17) is 15.0 Å². The number of fused-ring (bicyclic) bond motifs is 5. The average molecular weight is 592 g/mol. The van der Waals surface area contributed by atoms with Crippen LogP contribution in [-0.2, 0) is 0 Å². The van der Waals surface area contributed by atoms with Gasteiger partial charge in [0.2, 0.25) is 0 Å². The lowest BCUT2D eigenvalue weighted by Crippen LogP contribution is -2.01. The van der Waals surface area contributed by atoms with E-state index in [0.717, 1.165) is 43.3 Å². The molecule has 0 radical (unpaired) electrons. The summed E-state index contributed by atoms with van der Waals surface area (Å²) in [5.41, 5.74) is 4.22. The summed E-state index contributed by atoms with van der Waals surface area (Å²) >= 11 is 1.72. The Kier molecular flexibility index (Phi) is 6.00. The number of benzene rings is 7. The molecule has 0 N–H and O–H groups in total. The number of nitrogens with zero attached hydrogens (tertiary/aromatic N) is 3. The Morgan fingerprint density at radius 1 is 0.378 bits per heavy atom. The fourth-order valence-corrected chi connectivity index (χ4v) is 7.42. The zero-order valence-corrected chi connectivity index (χ0v) is 25.0. The van der Waals surface area contributed by atoms with Gasteiger partial charge in [0.15, 0.2) is 17.5 Å². The molecule has 3 nitrogen and oxygen atoms in total. The van der Waals surface area contributed by atoms with Crippen LogP contribution in [0.15, 0.2) is 152 Å². The van der Waals surface area contributed by atoms with Crippen LogP contribution in [-0.4, -0.2) is 15.0 Å². The molecule has 0 aliphatic carbocycles. The van der Waals surface area contributed by atoms with Gasteiger partial charge in [-0.05, 0) is 67.0 Å². The summed E-state index contributed by atoms with van der Waals surface area (Å²) in [5.74, 6) is 2.02. The molecule has 45 heavy (non-hydrogen) atoms. The van der Waals surface area contributed by atoms with Gasteiger partial charge < -0.3 is 0 Å². The molecule has 9 aromatic rings. The van der Waals surface area contributed by atoms with Crippen molar-refractivity contribution in [3.05, 3.63) is 152 Å². The van der Waals surface area contributed by atoms with Gasteiger partial charge in [-0.1, -0.05) is 133 Å². The van der Waals surface area contributed by atoms with Gasteiger partial charge in [-0.15, -0.1) is 11.3 Å². The molecule has 0 bridgehead atoms.